The monoisotopic (exact) mass is 450 g/mol. The van der Waals surface area contributed by atoms with Crippen molar-refractivity contribution in [2.24, 2.45) is 0 Å². The molecule has 0 nitrogen and oxygen atoms in total. The first-order valence-corrected chi connectivity index (χ1v) is 12.7. The van der Waals surface area contributed by atoms with Gasteiger partial charge in [-0.05, 0) is 121 Å². The lowest BCUT2D eigenvalue weighted by Gasteiger charge is -2.11. The molecular formula is C36H18. The predicted octanol–water partition coefficient (Wildman–Crippen LogP) is 10.4. The molecule has 0 bridgehead atoms. The molecule has 0 aliphatic carbocycles. The Morgan fingerprint density at radius 2 is 0.778 bits per heavy atom. The number of fused-ring (bicyclic) bond motifs is 8. The lowest BCUT2D eigenvalue weighted by atomic mass is 9.92. The number of rotatable bonds is 0. The maximum absolute atomic E-state index is 2.47. The third kappa shape index (κ3) is 1.86. The third-order valence-corrected chi connectivity index (χ3v) is 8.83. The lowest BCUT2D eigenvalue weighted by Crippen LogP contribution is -1.83. The molecule has 36 heavy (non-hydrogen) atoms. The highest BCUT2D eigenvalue weighted by Crippen LogP contribution is 2.48. The second-order valence-corrected chi connectivity index (χ2v) is 10.5. The molecule has 0 spiro atoms. The Morgan fingerprint density at radius 1 is 0.222 bits per heavy atom. The molecule has 10 aromatic carbocycles. The van der Waals surface area contributed by atoms with Crippen LogP contribution in [0.25, 0.3) is 97.0 Å². The van der Waals surface area contributed by atoms with Crippen molar-refractivity contribution in [3.63, 3.8) is 0 Å². The van der Waals surface area contributed by atoms with Gasteiger partial charge >= 0.3 is 0 Å². The van der Waals surface area contributed by atoms with E-state index in [1.54, 1.807) is 0 Å². The van der Waals surface area contributed by atoms with Gasteiger partial charge in [-0.2, -0.15) is 0 Å². The summed E-state index contributed by atoms with van der Waals surface area (Å²) in [6, 6.07) is 41.4. The molecular weight excluding hydrogens is 432 g/mol. The normalized spacial score (nSPS) is 13.0. The van der Waals surface area contributed by atoms with E-state index >= 15 is 0 Å². The van der Waals surface area contributed by atoms with Crippen molar-refractivity contribution in [3.8, 4) is 0 Å². The summed E-state index contributed by atoms with van der Waals surface area (Å²) < 4.78 is 0. The van der Waals surface area contributed by atoms with E-state index < -0.39 is 0 Å². The predicted molar refractivity (Wildman–Crippen MR) is 158 cm³/mol. The van der Waals surface area contributed by atoms with E-state index in [0.29, 0.717) is 0 Å². The van der Waals surface area contributed by atoms with Gasteiger partial charge in [0.05, 0.1) is 0 Å². The van der Waals surface area contributed by atoms with Crippen LogP contribution in [-0.2, 0) is 0 Å². The van der Waals surface area contributed by atoms with E-state index in [2.05, 4.69) is 109 Å². The smallest absolute Gasteiger partial charge is 0.00137 e. The van der Waals surface area contributed by atoms with Gasteiger partial charge in [0.25, 0.3) is 0 Å². The van der Waals surface area contributed by atoms with Gasteiger partial charge in [0.15, 0.2) is 0 Å². The van der Waals surface area contributed by atoms with Crippen LogP contribution in [-0.4, -0.2) is 0 Å². The van der Waals surface area contributed by atoms with Crippen LogP contribution in [0.4, 0.5) is 0 Å². The van der Waals surface area contributed by atoms with Gasteiger partial charge in [-0.15, -0.1) is 0 Å². The van der Waals surface area contributed by atoms with Crippen LogP contribution in [0.1, 0.15) is 0 Å². The van der Waals surface area contributed by atoms with Crippen LogP contribution in [0.5, 0.6) is 0 Å². The summed E-state index contributed by atoms with van der Waals surface area (Å²) in [6.45, 7) is 0. The van der Waals surface area contributed by atoms with Gasteiger partial charge in [-0.25, -0.2) is 0 Å². The van der Waals surface area contributed by atoms with Crippen molar-refractivity contribution >= 4 is 97.0 Å². The standard InChI is InChI=1S/C36H18/c1-2-8-24-23(7-1)25-9-4-10-26-28-18-30-27-14-13-20-12-11-19-5-3-6-21-15-32(36(27)34(20)33(19)21)29(30)16-22(28)17-31(24)35(25)26/h1-18H. The van der Waals surface area contributed by atoms with Crippen LogP contribution < -0.4 is 0 Å². The zero-order valence-corrected chi connectivity index (χ0v) is 19.4. The van der Waals surface area contributed by atoms with Gasteiger partial charge in [0.2, 0.25) is 0 Å². The summed E-state index contributed by atoms with van der Waals surface area (Å²) in [6.07, 6.45) is 0. The van der Waals surface area contributed by atoms with Crippen LogP contribution in [0.3, 0.4) is 0 Å². The van der Waals surface area contributed by atoms with Crippen LogP contribution >= 0.6 is 0 Å². The maximum Gasteiger partial charge on any atom is -0.00137 e. The molecule has 0 N–H and O–H groups in total. The van der Waals surface area contributed by atoms with Crippen molar-refractivity contribution in [2.75, 3.05) is 0 Å². The van der Waals surface area contributed by atoms with E-state index in [-0.39, 0.29) is 0 Å². The van der Waals surface area contributed by atoms with Crippen molar-refractivity contribution in [1.29, 1.82) is 0 Å². The highest BCUT2D eigenvalue weighted by molar-refractivity contribution is 6.42. The van der Waals surface area contributed by atoms with E-state index in [1.807, 2.05) is 0 Å². The summed E-state index contributed by atoms with van der Waals surface area (Å²) in [4.78, 5) is 0. The zero-order chi connectivity index (χ0) is 23.1. The third-order valence-electron chi connectivity index (χ3n) is 8.83. The maximum atomic E-state index is 2.47. The zero-order valence-electron chi connectivity index (χ0n) is 19.4. The van der Waals surface area contributed by atoms with Crippen molar-refractivity contribution in [2.45, 2.75) is 0 Å². The fourth-order valence-electron chi connectivity index (χ4n) is 7.39. The molecule has 0 saturated carbocycles. The first-order chi connectivity index (χ1) is 17.8. The van der Waals surface area contributed by atoms with E-state index in [1.165, 1.54) is 97.0 Å². The fourth-order valence-corrected chi connectivity index (χ4v) is 7.39. The molecule has 0 fully saturated rings. The fraction of sp³-hybridized carbons (Fsp3) is 0. The molecule has 162 valence electrons. The quantitative estimate of drug-likeness (QED) is 0.202. The first-order valence-electron chi connectivity index (χ1n) is 12.7. The second kappa shape index (κ2) is 5.75. The highest BCUT2D eigenvalue weighted by Gasteiger charge is 2.19. The molecule has 0 atom stereocenters. The van der Waals surface area contributed by atoms with Crippen LogP contribution in [0, 0.1) is 0 Å². The molecule has 0 aliphatic rings. The Balaban J connectivity index is 1.49. The van der Waals surface area contributed by atoms with Crippen molar-refractivity contribution in [3.05, 3.63) is 109 Å². The molecule has 0 saturated heterocycles. The van der Waals surface area contributed by atoms with Crippen LogP contribution in [0.2, 0.25) is 0 Å². The summed E-state index contributed by atoms with van der Waals surface area (Å²) >= 11 is 0. The summed E-state index contributed by atoms with van der Waals surface area (Å²) in [5, 5.41) is 24.6. The largest absolute Gasteiger partial charge is 0.0616 e. The van der Waals surface area contributed by atoms with Gasteiger partial charge in [0.1, 0.15) is 0 Å². The molecule has 0 heteroatoms. The Kier molecular flexibility index (Phi) is 2.83. The first kappa shape index (κ1) is 17.7. The second-order valence-electron chi connectivity index (χ2n) is 10.5. The Hall–Kier alpha value is -4.68. The summed E-state index contributed by atoms with van der Waals surface area (Å²) in [5.41, 5.74) is 0. The Labute approximate surface area is 206 Å². The van der Waals surface area contributed by atoms with E-state index in [4.69, 9.17) is 0 Å². The molecule has 0 radical (unpaired) electrons. The minimum Gasteiger partial charge on any atom is -0.0616 e. The summed E-state index contributed by atoms with van der Waals surface area (Å²) in [7, 11) is 0. The number of hydrogen-bond donors (Lipinski definition) is 0. The lowest BCUT2D eigenvalue weighted by molar-refractivity contribution is 1.83. The van der Waals surface area contributed by atoms with E-state index in [9.17, 15) is 0 Å². The molecule has 0 aliphatic heterocycles. The molecule has 0 heterocycles. The van der Waals surface area contributed by atoms with Crippen molar-refractivity contribution < 1.29 is 0 Å². The average molecular weight is 451 g/mol. The van der Waals surface area contributed by atoms with Gasteiger partial charge < -0.3 is 0 Å². The van der Waals surface area contributed by atoms with Gasteiger partial charge in [-0.1, -0.05) is 84.9 Å². The minimum absolute atomic E-state index is 1.33. The molecule has 0 unspecified atom stereocenters. The van der Waals surface area contributed by atoms with Crippen molar-refractivity contribution in [1.82, 2.24) is 0 Å². The topological polar surface area (TPSA) is 0 Å². The number of hydrogen-bond acceptors (Lipinski definition) is 0. The Morgan fingerprint density at radius 3 is 1.67 bits per heavy atom. The SMILES string of the molecule is c1cc2ccc3ccc4c5cc6c(cc5c5cc(c1)c2c3c45)cc1c2ccccc2c2cccc6c21. The molecule has 0 amide bonds. The average Bonchev–Trinajstić information content (AvgIpc) is 3.42. The van der Waals surface area contributed by atoms with Gasteiger partial charge in [0, 0.05) is 0 Å². The van der Waals surface area contributed by atoms with E-state index in [0.717, 1.165) is 0 Å². The number of benzene rings is 8. The van der Waals surface area contributed by atoms with Crippen LogP contribution in [0.15, 0.2) is 109 Å². The Bertz CT molecular complexity index is 2510. The molecule has 10 aromatic rings. The highest BCUT2D eigenvalue weighted by atomic mass is 14.2. The minimum atomic E-state index is 1.33. The van der Waals surface area contributed by atoms with Gasteiger partial charge in [-0.3, -0.25) is 0 Å². The summed E-state index contributed by atoms with van der Waals surface area (Å²) in [5.74, 6) is 0. The molecule has 10 rings (SSSR count). The molecule has 0 aromatic heterocycles.